The van der Waals surface area contributed by atoms with Gasteiger partial charge in [0.15, 0.2) is 0 Å². The number of carbonyl (C=O) groups is 1. The molecular formula is C12H15FN2O5. The number of nitro groups is 1. The van der Waals surface area contributed by atoms with Crippen LogP contribution in [0, 0.1) is 15.9 Å². The van der Waals surface area contributed by atoms with Gasteiger partial charge in [0.05, 0.1) is 24.2 Å². The third kappa shape index (κ3) is 3.97. The molecule has 20 heavy (non-hydrogen) atoms. The Morgan fingerprint density at radius 3 is 2.75 bits per heavy atom. The van der Waals surface area contributed by atoms with Crippen molar-refractivity contribution < 1.29 is 24.0 Å². The van der Waals surface area contributed by atoms with E-state index in [-0.39, 0.29) is 31.9 Å². The van der Waals surface area contributed by atoms with Crippen LogP contribution >= 0.6 is 0 Å². The first kappa shape index (κ1) is 16.0. The number of hydrogen-bond donors (Lipinski definition) is 1. The highest BCUT2D eigenvalue weighted by molar-refractivity contribution is 5.98. The molecule has 110 valence electrons. The lowest BCUT2D eigenvalue weighted by Gasteiger charge is -2.21. The Morgan fingerprint density at radius 1 is 1.50 bits per heavy atom. The molecule has 1 amide bonds. The van der Waals surface area contributed by atoms with E-state index in [0.717, 1.165) is 12.1 Å². The van der Waals surface area contributed by atoms with E-state index in [0.29, 0.717) is 6.07 Å². The van der Waals surface area contributed by atoms with E-state index in [1.807, 2.05) is 0 Å². The molecule has 1 N–H and O–H groups in total. The van der Waals surface area contributed by atoms with Gasteiger partial charge in [0.25, 0.3) is 11.6 Å². The molecule has 1 aromatic rings. The second-order valence-corrected chi connectivity index (χ2v) is 3.93. The van der Waals surface area contributed by atoms with Crippen LogP contribution in [0.2, 0.25) is 0 Å². The van der Waals surface area contributed by atoms with Gasteiger partial charge in [-0.15, -0.1) is 0 Å². The zero-order chi connectivity index (χ0) is 15.1. The average Bonchev–Trinajstić information content (AvgIpc) is 2.42. The fourth-order valence-corrected chi connectivity index (χ4v) is 1.64. The smallest absolute Gasteiger partial charge is 0.285 e. The highest BCUT2D eigenvalue weighted by Crippen LogP contribution is 2.21. The predicted octanol–water partition coefficient (Wildman–Crippen LogP) is 0.815. The number of rotatable bonds is 7. The van der Waals surface area contributed by atoms with E-state index < -0.39 is 22.3 Å². The summed E-state index contributed by atoms with van der Waals surface area (Å²) in [6.45, 7) is 0.117. The zero-order valence-electron chi connectivity index (χ0n) is 10.9. The maximum absolute atomic E-state index is 13.0. The Hall–Kier alpha value is -2.06. The molecule has 0 bridgehead atoms. The van der Waals surface area contributed by atoms with Gasteiger partial charge in [-0.1, -0.05) is 0 Å². The molecule has 1 aromatic carbocycles. The van der Waals surface area contributed by atoms with Crippen LogP contribution < -0.4 is 0 Å². The lowest BCUT2D eigenvalue weighted by Crippen LogP contribution is -2.36. The molecule has 0 spiro atoms. The van der Waals surface area contributed by atoms with Crippen molar-refractivity contribution in [2.45, 2.75) is 0 Å². The van der Waals surface area contributed by atoms with E-state index in [9.17, 15) is 19.3 Å². The molecule has 0 saturated heterocycles. The van der Waals surface area contributed by atoms with Crippen molar-refractivity contribution in [2.75, 3.05) is 33.4 Å². The molecule has 0 radical (unpaired) electrons. The van der Waals surface area contributed by atoms with Crippen LogP contribution in [0.15, 0.2) is 18.2 Å². The van der Waals surface area contributed by atoms with E-state index in [2.05, 4.69) is 0 Å². The van der Waals surface area contributed by atoms with Crippen LogP contribution in [0.4, 0.5) is 10.1 Å². The molecule has 0 saturated carbocycles. The lowest BCUT2D eigenvalue weighted by atomic mass is 10.1. The van der Waals surface area contributed by atoms with Crippen molar-refractivity contribution in [1.29, 1.82) is 0 Å². The maximum atomic E-state index is 13.0. The number of nitro benzene ring substituents is 1. The van der Waals surface area contributed by atoms with Crippen LogP contribution in [0.3, 0.4) is 0 Å². The number of benzene rings is 1. The van der Waals surface area contributed by atoms with E-state index in [1.54, 1.807) is 0 Å². The van der Waals surface area contributed by atoms with Crippen LogP contribution in [0.5, 0.6) is 0 Å². The highest BCUT2D eigenvalue weighted by Gasteiger charge is 2.25. The number of aliphatic hydroxyl groups excluding tert-OH is 1. The standard InChI is InChI=1S/C12H15FN2O5/c1-20-7-5-14(4-6-16)12(17)10-3-2-9(13)8-11(10)15(18)19/h2-3,8,16H,4-7H2,1H3. The molecule has 0 fully saturated rings. The van der Waals surface area contributed by atoms with Gasteiger partial charge in [-0.2, -0.15) is 0 Å². The molecule has 0 heterocycles. The number of hydrogen-bond acceptors (Lipinski definition) is 5. The summed E-state index contributed by atoms with van der Waals surface area (Å²) in [5, 5.41) is 19.8. The molecule has 0 aromatic heterocycles. The average molecular weight is 286 g/mol. The van der Waals surface area contributed by atoms with Crippen LogP contribution in [0.1, 0.15) is 10.4 Å². The zero-order valence-corrected chi connectivity index (χ0v) is 10.9. The van der Waals surface area contributed by atoms with Gasteiger partial charge >= 0.3 is 0 Å². The molecule has 0 aliphatic heterocycles. The van der Waals surface area contributed by atoms with Crippen LogP contribution in [0.25, 0.3) is 0 Å². The van der Waals surface area contributed by atoms with Crippen molar-refractivity contribution in [3.8, 4) is 0 Å². The molecule has 0 unspecified atom stereocenters. The Morgan fingerprint density at radius 2 is 2.20 bits per heavy atom. The molecule has 0 aliphatic rings. The van der Waals surface area contributed by atoms with Crippen molar-refractivity contribution in [2.24, 2.45) is 0 Å². The fourth-order valence-electron chi connectivity index (χ4n) is 1.64. The number of aliphatic hydroxyl groups is 1. The summed E-state index contributed by atoms with van der Waals surface area (Å²) in [5.74, 6) is -1.44. The van der Waals surface area contributed by atoms with Gasteiger partial charge < -0.3 is 14.7 Å². The summed E-state index contributed by atoms with van der Waals surface area (Å²) < 4.78 is 17.9. The third-order valence-corrected chi connectivity index (χ3v) is 2.61. The van der Waals surface area contributed by atoms with Gasteiger partial charge in [-0.25, -0.2) is 4.39 Å². The van der Waals surface area contributed by atoms with Gasteiger partial charge in [0.1, 0.15) is 11.4 Å². The van der Waals surface area contributed by atoms with E-state index in [4.69, 9.17) is 9.84 Å². The second-order valence-electron chi connectivity index (χ2n) is 3.93. The minimum atomic E-state index is -0.816. The first-order valence-corrected chi connectivity index (χ1v) is 5.84. The first-order valence-electron chi connectivity index (χ1n) is 5.84. The summed E-state index contributed by atoms with van der Waals surface area (Å²) >= 11 is 0. The summed E-state index contributed by atoms with van der Waals surface area (Å²) in [5.41, 5.74) is -0.823. The molecule has 0 atom stereocenters. The number of amides is 1. The first-order chi connectivity index (χ1) is 9.51. The van der Waals surface area contributed by atoms with Gasteiger partial charge in [-0.3, -0.25) is 14.9 Å². The van der Waals surface area contributed by atoms with Crippen molar-refractivity contribution in [1.82, 2.24) is 4.90 Å². The van der Waals surface area contributed by atoms with Crippen molar-refractivity contribution in [3.63, 3.8) is 0 Å². The minimum absolute atomic E-state index is 0.0106. The van der Waals surface area contributed by atoms with E-state index >= 15 is 0 Å². The Labute approximate surface area is 114 Å². The van der Waals surface area contributed by atoms with Crippen molar-refractivity contribution in [3.05, 3.63) is 39.7 Å². The fraction of sp³-hybridized carbons (Fsp3) is 0.417. The highest BCUT2D eigenvalue weighted by atomic mass is 19.1. The monoisotopic (exact) mass is 286 g/mol. The largest absolute Gasteiger partial charge is 0.395 e. The minimum Gasteiger partial charge on any atom is -0.395 e. The number of carbonyl (C=O) groups excluding carboxylic acids is 1. The van der Waals surface area contributed by atoms with Gasteiger partial charge in [0, 0.05) is 20.2 Å². The number of ether oxygens (including phenoxy) is 1. The summed E-state index contributed by atoms with van der Waals surface area (Å²) in [7, 11) is 1.45. The summed E-state index contributed by atoms with van der Waals surface area (Å²) in [6.07, 6.45) is 0. The SMILES string of the molecule is COCCN(CCO)C(=O)c1ccc(F)cc1[N+](=O)[O-]. The van der Waals surface area contributed by atoms with Crippen LogP contribution in [-0.4, -0.2) is 54.3 Å². The number of methoxy groups -OCH3 is 1. The molecule has 7 nitrogen and oxygen atoms in total. The lowest BCUT2D eigenvalue weighted by molar-refractivity contribution is -0.385. The Balaban J connectivity index is 3.07. The maximum Gasteiger partial charge on any atom is 0.285 e. The van der Waals surface area contributed by atoms with Gasteiger partial charge in [-0.05, 0) is 12.1 Å². The third-order valence-electron chi connectivity index (χ3n) is 2.61. The number of nitrogens with zero attached hydrogens (tertiary/aromatic N) is 2. The molecule has 8 heteroatoms. The van der Waals surface area contributed by atoms with Crippen LogP contribution in [-0.2, 0) is 4.74 Å². The van der Waals surface area contributed by atoms with E-state index in [1.165, 1.54) is 12.0 Å². The Kier molecular flexibility index (Phi) is 6.01. The quantitative estimate of drug-likeness (QED) is 0.591. The van der Waals surface area contributed by atoms with Gasteiger partial charge in [0.2, 0.25) is 0 Å². The summed E-state index contributed by atoms with van der Waals surface area (Å²) in [4.78, 5) is 23.5. The van der Waals surface area contributed by atoms with Crippen molar-refractivity contribution >= 4 is 11.6 Å². The number of halogens is 1. The molecule has 1 rings (SSSR count). The normalized spacial score (nSPS) is 10.3. The molecule has 0 aliphatic carbocycles. The predicted molar refractivity (Wildman–Crippen MR) is 67.9 cm³/mol. The molecular weight excluding hydrogens is 271 g/mol. The topological polar surface area (TPSA) is 92.9 Å². The Bertz CT molecular complexity index is 495. The summed E-state index contributed by atoms with van der Waals surface area (Å²) in [6, 6.07) is 2.74. The second kappa shape index (κ2) is 7.51.